The highest BCUT2D eigenvalue weighted by Crippen LogP contribution is 2.35. The average molecular weight is 299 g/mol. The molecule has 3 aromatic heterocycles. The molecular weight excluding hydrogens is 282 g/mol. The maximum atomic E-state index is 4.80. The fraction of sp³-hybridized carbons (Fsp3) is 0.400. The predicted molar refractivity (Wildman–Crippen MR) is 84.3 cm³/mol. The average Bonchev–Trinajstić information content (AvgIpc) is 3.17. The summed E-state index contributed by atoms with van der Waals surface area (Å²) >= 11 is 1.71. The summed E-state index contributed by atoms with van der Waals surface area (Å²) < 4.78 is 1.12. The number of hydrogen-bond donors (Lipinski definition) is 2. The smallest absolute Gasteiger partial charge is 0.148 e. The van der Waals surface area contributed by atoms with Crippen molar-refractivity contribution in [1.82, 2.24) is 25.5 Å². The highest BCUT2D eigenvalue weighted by atomic mass is 32.1. The van der Waals surface area contributed by atoms with Gasteiger partial charge in [0.1, 0.15) is 5.82 Å². The second-order valence-electron chi connectivity index (χ2n) is 5.82. The van der Waals surface area contributed by atoms with Crippen LogP contribution in [0.5, 0.6) is 0 Å². The van der Waals surface area contributed by atoms with E-state index in [2.05, 4.69) is 33.5 Å². The Morgan fingerprint density at radius 1 is 1.33 bits per heavy atom. The van der Waals surface area contributed by atoms with Crippen molar-refractivity contribution in [3.05, 3.63) is 30.0 Å². The molecule has 5 nitrogen and oxygen atoms in total. The number of H-pyrrole nitrogens is 1. The van der Waals surface area contributed by atoms with Crippen LogP contribution in [0.25, 0.3) is 20.7 Å². The quantitative estimate of drug-likeness (QED) is 0.763. The van der Waals surface area contributed by atoms with Crippen molar-refractivity contribution in [1.29, 1.82) is 0 Å². The van der Waals surface area contributed by atoms with Crippen LogP contribution in [0.1, 0.15) is 31.3 Å². The van der Waals surface area contributed by atoms with E-state index in [0.717, 1.165) is 40.3 Å². The van der Waals surface area contributed by atoms with Crippen LogP contribution in [0, 0.1) is 6.92 Å². The van der Waals surface area contributed by atoms with Crippen LogP contribution >= 0.6 is 11.3 Å². The molecule has 0 bridgehead atoms. The van der Waals surface area contributed by atoms with Gasteiger partial charge < -0.3 is 5.32 Å². The first kappa shape index (κ1) is 12.9. The van der Waals surface area contributed by atoms with Crippen molar-refractivity contribution in [2.75, 3.05) is 6.54 Å². The Balaban J connectivity index is 1.80. The highest BCUT2D eigenvalue weighted by molar-refractivity contribution is 7.22. The molecule has 2 N–H and O–H groups in total. The highest BCUT2D eigenvalue weighted by Gasteiger charge is 2.33. The summed E-state index contributed by atoms with van der Waals surface area (Å²) in [7, 11) is 0. The number of aromatic amines is 1. The summed E-state index contributed by atoms with van der Waals surface area (Å²) in [6.45, 7) is 5.27. The van der Waals surface area contributed by atoms with Gasteiger partial charge in [0.05, 0.1) is 22.0 Å². The van der Waals surface area contributed by atoms with E-state index in [9.17, 15) is 0 Å². The Bertz CT molecular complexity index is 797. The van der Waals surface area contributed by atoms with Gasteiger partial charge in [0.2, 0.25) is 0 Å². The fourth-order valence-electron chi connectivity index (χ4n) is 2.92. The second kappa shape index (κ2) is 4.61. The molecule has 4 heterocycles. The van der Waals surface area contributed by atoms with Crippen LogP contribution < -0.4 is 5.32 Å². The lowest BCUT2D eigenvalue weighted by atomic mass is 9.99. The van der Waals surface area contributed by atoms with Gasteiger partial charge in [-0.25, -0.2) is 9.97 Å². The number of fused-ring (bicyclic) bond motifs is 1. The van der Waals surface area contributed by atoms with Crippen molar-refractivity contribution in [2.24, 2.45) is 0 Å². The molecule has 0 amide bonds. The zero-order valence-electron chi connectivity index (χ0n) is 12.1. The number of hydrogen-bond acceptors (Lipinski definition) is 5. The van der Waals surface area contributed by atoms with Gasteiger partial charge in [0.25, 0.3) is 0 Å². The Morgan fingerprint density at radius 3 is 2.95 bits per heavy atom. The van der Waals surface area contributed by atoms with E-state index in [4.69, 9.17) is 4.98 Å². The molecule has 4 rings (SSSR count). The van der Waals surface area contributed by atoms with E-state index in [0.29, 0.717) is 0 Å². The molecule has 6 heteroatoms. The van der Waals surface area contributed by atoms with Crippen LogP contribution in [-0.4, -0.2) is 26.7 Å². The minimum absolute atomic E-state index is 0.0815. The van der Waals surface area contributed by atoms with Crippen molar-refractivity contribution in [3.8, 4) is 10.4 Å². The van der Waals surface area contributed by atoms with Crippen LogP contribution in [0.3, 0.4) is 0 Å². The molecule has 1 aliphatic heterocycles. The number of nitrogens with one attached hydrogen (secondary N) is 2. The molecule has 3 aromatic rings. The number of aromatic nitrogens is 4. The zero-order chi connectivity index (χ0) is 14.4. The van der Waals surface area contributed by atoms with Crippen LogP contribution in [0.2, 0.25) is 0 Å². The normalized spacial score (nSPS) is 22.2. The Hall–Kier alpha value is -1.79. The molecule has 0 spiro atoms. The molecule has 0 saturated carbocycles. The van der Waals surface area contributed by atoms with E-state index in [-0.39, 0.29) is 5.54 Å². The van der Waals surface area contributed by atoms with E-state index in [1.165, 1.54) is 11.3 Å². The first-order valence-electron chi connectivity index (χ1n) is 7.18. The Labute approximate surface area is 126 Å². The van der Waals surface area contributed by atoms with Crippen molar-refractivity contribution in [3.63, 3.8) is 0 Å². The minimum atomic E-state index is -0.0815. The maximum absolute atomic E-state index is 4.80. The third-order valence-electron chi connectivity index (χ3n) is 4.23. The summed E-state index contributed by atoms with van der Waals surface area (Å²) in [6.07, 6.45) is 6.10. The fourth-order valence-corrected chi connectivity index (χ4v) is 3.96. The molecule has 1 saturated heterocycles. The second-order valence-corrected chi connectivity index (χ2v) is 6.91. The minimum Gasteiger partial charge on any atom is -0.305 e. The van der Waals surface area contributed by atoms with Crippen LogP contribution in [0.15, 0.2) is 18.5 Å². The lowest BCUT2D eigenvalue weighted by Gasteiger charge is -2.22. The predicted octanol–water partition coefficient (Wildman–Crippen LogP) is 2.99. The first-order valence-corrected chi connectivity index (χ1v) is 8.00. The van der Waals surface area contributed by atoms with Gasteiger partial charge in [-0.05, 0) is 39.3 Å². The lowest BCUT2D eigenvalue weighted by Crippen LogP contribution is -2.35. The van der Waals surface area contributed by atoms with Crippen molar-refractivity contribution in [2.45, 2.75) is 32.2 Å². The largest absolute Gasteiger partial charge is 0.305 e. The monoisotopic (exact) mass is 299 g/mol. The van der Waals surface area contributed by atoms with Gasteiger partial charge in [-0.15, -0.1) is 11.3 Å². The number of nitrogens with zero attached hydrogens (tertiary/aromatic N) is 3. The third kappa shape index (κ3) is 2.06. The standard InChI is InChI=1S/C15H17N5S/c1-9-10(7-18-20-9)12-6-11-13(21-12)8-16-14(19-11)15(2)4-3-5-17-15/h6-8,17H,3-5H2,1-2H3,(H,18,20)/t15-/m0/s1. The molecule has 0 radical (unpaired) electrons. The third-order valence-corrected chi connectivity index (χ3v) is 5.32. The Morgan fingerprint density at radius 2 is 2.24 bits per heavy atom. The summed E-state index contributed by atoms with van der Waals surface area (Å²) in [4.78, 5) is 10.6. The summed E-state index contributed by atoms with van der Waals surface area (Å²) in [5, 5.41) is 10.6. The zero-order valence-corrected chi connectivity index (χ0v) is 12.9. The molecule has 0 unspecified atom stereocenters. The maximum Gasteiger partial charge on any atom is 0.148 e. The van der Waals surface area contributed by atoms with E-state index in [1.807, 2.05) is 19.3 Å². The van der Waals surface area contributed by atoms with Gasteiger partial charge in [-0.2, -0.15) is 5.10 Å². The number of aryl methyl sites for hydroxylation is 1. The van der Waals surface area contributed by atoms with Gasteiger partial charge in [-0.1, -0.05) is 0 Å². The van der Waals surface area contributed by atoms with E-state index >= 15 is 0 Å². The molecule has 108 valence electrons. The van der Waals surface area contributed by atoms with Crippen molar-refractivity contribution >= 4 is 21.6 Å². The first-order chi connectivity index (χ1) is 10.2. The van der Waals surface area contributed by atoms with Gasteiger partial charge in [0, 0.05) is 22.3 Å². The summed E-state index contributed by atoms with van der Waals surface area (Å²) in [6, 6.07) is 2.14. The van der Waals surface area contributed by atoms with Crippen LogP contribution in [0.4, 0.5) is 0 Å². The topological polar surface area (TPSA) is 66.5 Å². The lowest BCUT2D eigenvalue weighted by molar-refractivity contribution is 0.408. The van der Waals surface area contributed by atoms with Crippen LogP contribution in [-0.2, 0) is 5.54 Å². The number of thiophene rings is 1. The Kier molecular flexibility index (Phi) is 2.83. The molecule has 1 fully saturated rings. The van der Waals surface area contributed by atoms with Gasteiger partial charge in [0.15, 0.2) is 0 Å². The van der Waals surface area contributed by atoms with Crippen molar-refractivity contribution < 1.29 is 0 Å². The van der Waals surface area contributed by atoms with E-state index in [1.54, 1.807) is 11.3 Å². The van der Waals surface area contributed by atoms with Gasteiger partial charge >= 0.3 is 0 Å². The summed E-state index contributed by atoms with van der Waals surface area (Å²) in [5.74, 6) is 0.903. The summed E-state index contributed by atoms with van der Waals surface area (Å²) in [5.41, 5.74) is 3.17. The SMILES string of the molecule is Cc1[nH]ncc1-c1cc2nc([C@]3(C)CCCN3)ncc2s1. The molecule has 0 aromatic carbocycles. The molecule has 1 atom stereocenters. The van der Waals surface area contributed by atoms with Gasteiger partial charge in [-0.3, -0.25) is 5.10 Å². The molecular formula is C15H17N5S. The van der Waals surface area contributed by atoms with E-state index < -0.39 is 0 Å². The molecule has 21 heavy (non-hydrogen) atoms. The molecule has 1 aliphatic rings. The number of rotatable bonds is 2. The molecule has 0 aliphatic carbocycles.